The van der Waals surface area contributed by atoms with E-state index in [4.69, 9.17) is 42.4 Å². The molecule has 15 heteroatoms. The summed E-state index contributed by atoms with van der Waals surface area (Å²) in [6, 6.07) is 6.84. The summed E-state index contributed by atoms with van der Waals surface area (Å²) in [4.78, 5) is 46.1. The van der Waals surface area contributed by atoms with Gasteiger partial charge in [0.25, 0.3) is 5.69 Å². The zero-order chi connectivity index (χ0) is 36.0. The van der Waals surface area contributed by atoms with Gasteiger partial charge in [0.05, 0.1) is 44.1 Å². The van der Waals surface area contributed by atoms with Crippen molar-refractivity contribution in [3.63, 3.8) is 0 Å². The molecule has 1 heterocycles. The van der Waals surface area contributed by atoms with E-state index < -0.39 is 28.8 Å². The first-order valence-electron chi connectivity index (χ1n) is 16.1. The molecule has 2 fully saturated rings. The molecule has 0 radical (unpaired) electrons. The number of amides is 3. The number of carbonyl (C=O) groups excluding carboxylic acids is 2. The van der Waals surface area contributed by atoms with Crippen LogP contribution in [0.1, 0.15) is 65.9 Å². The van der Waals surface area contributed by atoms with Crippen molar-refractivity contribution in [2.24, 2.45) is 4.99 Å². The Morgan fingerprint density at radius 2 is 1.76 bits per heavy atom. The summed E-state index contributed by atoms with van der Waals surface area (Å²) < 4.78 is 16.4. The number of anilines is 1. The number of halogens is 2. The number of nitro groups is 1. The van der Waals surface area contributed by atoms with E-state index in [9.17, 15) is 19.7 Å². The standard InChI is InChI=1S/C34H44Cl2N6O7/c1-8-22-19-40(30-28(35)26(47-6)17-27(48-7)29(30)36)33(44)41(18-21-12-11-13-23(16-21)42(45)46)31(22)38-20(2)37-24-14-9-10-15-25(24)39-32(43)49-34(3,4)5/h8,11-13,16-17,20,24-25,37H,9-10,14-15,18-19H2,1-7H3,(H,39,43)/b22-8-,38-31?. The largest absolute Gasteiger partial charge is 0.495 e. The highest BCUT2D eigenvalue weighted by atomic mass is 35.5. The molecule has 1 aliphatic carbocycles. The van der Waals surface area contributed by atoms with Crippen LogP contribution < -0.4 is 25.0 Å². The number of rotatable bonds is 10. The van der Waals surface area contributed by atoms with Gasteiger partial charge in [0.1, 0.15) is 33.0 Å². The number of benzene rings is 2. The number of ether oxygens (including phenoxy) is 3. The molecular weight excluding hydrogens is 675 g/mol. The summed E-state index contributed by atoms with van der Waals surface area (Å²) in [7, 11) is 2.89. The predicted molar refractivity (Wildman–Crippen MR) is 190 cm³/mol. The van der Waals surface area contributed by atoms with Gasteiger partial charge < -0.3 is 19.5 Å². The van der Waals surface area contributed by atoms with E-state index in [1.807, 2.05) is 40.7 Å². The molecule has 4 rings (SSSR count). The van der Waals surface area contributed by atoms with Crippen molar-refractivity contribution in [1.29, 1.82) is 0 Å². The number of hydrogen-bond acceptors (Lipinski definition) is 9. The van der Waals surface area contributed by atoms with E-state index in [0.29, 0.717) is 17.0 Å². The number of nitrogens with zero attached hydrogens (tertiary/aromatic N) is 4. The Bertz CT molecular complexity index is 1600. The fourth-order valence-corrected chi connectivity index (χ4v) is 6.67. The van der Waals surface area contributed by atoms with Crippen molar-refractivity contribution in [2.75, 3.05) is 25.7 Å². The molecule has 0 bridgehead atoms. The summed E-state index contributed by atoms with van der Waals surface area (Å²) in [6.45, 7) is 9.19. The van der Waals surface area contributed by atoms with Crippen LogP contribution in [0.5, 0.6) is 11.5 Å². The number of alkyl carbamates (subject to hydrolysis) is 1. The molecule has 2 N–H and O–H groups in total. The molecule has 3 unspecified atom stereocenters. The van der Waals surface area contributed by atoms with E-state index in [2.05, 4.69) is 10.6 Å². The Balaban J connectivity index is 1.73. The van der Waals surface area contributed by atoms with Crippen LogP contribution in [0.4, 0.5) is 21.0 Å². The number of carbonyl (C=O) groups is 2. The van der Waals surface area contributed by atoms with Gasteiger partial charge in [0.2, 0.25) is 0 Å². The van der Waals surface area contributed by atoms with Gasteiger partial charge >= 0.3 is 12.1 Å². The molecule has 3 atom stereocenters. The van der Waals surface area contributed by atoms with Crippen molar-refractivity contribution in [2.45, 2.75) is 90.7 Å². The molecular formula is C34H44Cl2N6O7. The van der Waals surface area contributed by atoms with E-state index in [1.165, 1.54) is 42.2 Å². The third-order valence-corrected chi connectivity index (χ3v) is 8.93. The van der Waals surface area contributed by atoms with Gasteiger partial charge in [-0.25, -0.2) is 14.6 Å². The lowest BCUT2D eigenvalue weighted by Gasteiger charge is -2.40. The van der Waals surface area contributed by atoms with E-state index in [-0.39, 0.29) is 58.1 Å². The van der Waals surface area contributed by atoms with Gasteiger partial charge in [-0.3, -0.25) is 25.2 Å². The summed E-state index contributed by atoms with van der Waals surface area (Å²) in [6.07, 6.45) is 4.40. The van der Waals surface area contributed by atoms with E-state index in [0.717, 1.165) is 25.7 Å². The minimum Gasteiger partial charge on any atom is -0.495 e. The van der Waals surface area contributed by atoms with Crippen molar-refractivity contribution in [3.05, 3.63) is 67.7 Å². The molecule has 49 heavy (non-hydrogen) atoms. The second-order valence-electron chi connectivity index (χ2n) is 12.9. The van der Waals surface area contributed by atoms with Gasteiger partial charge in [0.15, 0.2) is 0 Å². The normalized spacial score (nSPS) is 20.7. The van der Waals surface area contributed by atoms with Crippen LogP contribution in [0, 0.1) is 10.1 Å². The first-order chi connectivity index (χ1) is 23.2. The number of allylic oxidation sites excluding steroid dienone is 1. The van der Waals surface area contributed by atoms with Crippen LogP contribution in [-0.2, 0) is 11.3 Å². The first-order valence-corrected chi connectivity index (χ1v) is 16.8. The van der Waals surface area contributed by atoms with E-state index >= 15 is 0 Å². The number of methoxy groups -OCH3 is 2. The van der Waals surface area contributed by atoms with Crippen LogP contribution in [0.25, 0.3) is 0 Å². The van der Waals surface area contributed by atoms with Crippen molar-refractivity contribution >= 4 is 52.5 Å². The molecule has 1 aliphatic heterocycles. The zero-order valence-electron chi connectivity index (χ0n) is 28.8. The highest BCUT2D eigenvalue weighted by Crippen LogP contribution is 2.47. The SMILES string of the molecule is C/C=C1/CN(c2c(Cl)c(OC)cc(OC)c2Cl)C(=O)N(Cc2cccc([N+](=O)[O-])c2)C1=NC(C)NC1CCCCC1NC(=O)OC(C)(C)C. The third kappa shape index (κ3) is 9.14. The molecule has 3 amide bonds. The Hall–Kier alpha value is -4.07. The maximum Gasteiger partial charge on any atom is 0.407 e. The topological polar surface area (TPSA) is 148 Å². The maximum absolute atomic E-state index is 14.5. The predicted octanol–water partition coefficient (Wildman–Crippen LogP) is 7.48. The number of urea groups is 1. The number of nitro benzene ring substituents is 1. The van der Waals surface area contributed by atoms with Crippen LogP contribution in [-0.4, -0.2) is 72.4 Å². The van der Waals surface area contributed by atoms with Gasteiger partial charge in [-0.15, -0.1) is 0 Å². The molecule has 2 aromatic rings. The van der Waals surface area contributed by atoms with E-state index in [1.54, 1.807) is 12.1 Å². The maximum atomic E-state index is 14.5. The summed E-state index contributed by atoms with van der Waals surface area (Å²) in [5, 5.41) is 18.4. The quantitative estimate of drug-likeness (QED) is 0.190. The van der Waals surface area contributed by atoms with Crippen LogP contribution in [0.2, 0.25) is 10.0 Å². The molecule has 13 nitrogen and oxygen atoms in total. The molecule has 266 valence electrons. The minimum atomic E-state index is -0.627. The van der Waals surface area contributed by atoms with Gasteiger partial charge in [-0.05, 0) is 53.0 Å². The average Bonchev–Trinajstić information content (AvgIpc) is 3.04. The summed E-state index contributed by atoms with van der Waals surface area (Å²) in [5.41, 5.74) is 0.653. The fourth-order valence-electron chi connectivity index (χ4n) is 5.96. The minimum absolute atomic E-state index is 0.0392. The Morgan fingerprint density at radius 3 is 2.33 bits per heavy atom. The lowest BCUT2D eigenvalue weighted by molar-refractivity contribution is -0.384. The number of aliphatic imine (C=N–C) groups is 1. The lowest BCUT2D eigenvalue weighted by atomic mass is 9.90. The molecule has 2 aliphatic rings. The Morgan fingerprint density at radius 1 is 1.12 bits per heavy atom. The molecule has 2 aromatic carbocycles. The Labute approximate surface area is 296 Å². The number of amidine groups is 1. The van der Waals surface area contributed by atoms with Crippen molar-refractivity contribution < 1.29 is 28.7 Å². The van der Waals surface area contributed by atoms with Crippen LogP contribution in [0.3, 0.4) is 0 Å². The highest BCUT2D eigenvalue weighted by Gasteiger charge is 2.38. The average molecular weight is 720 g/mol. The third-order valence-electron chi connectivity index (χ3n) is 8.20. The zero-order valence-corrected chi connectivity index (χ0v) is 30.4. The number of nitrogens with one attached hydrogen (secondary N) is 2. The molecule has 1 saturated heterocycles. The number of non-ortho nitro benzene ring substituents is 1. The number of hydrogen-bond donors (Lipinski definition) is 2. The van der Waals surface area contributed by atoms with Crippen LogP contribution in [0.15, 0.2) is 47.0 Å². The van der Waals surface area contributed by atoms with Gasteiger partial charge in [-0.2, -0.15) is 0 Å². The van der Waals surface area contributed by atoms with Gasteiger partial charge in [0, 0.05) is 35.9 Å². The van der Waals surface area contributed by atoms with Crippen LogP contribution >= 0.6 is 23.2 Å². The fraction of sp³-hybridized carbons (Fsp3) is 0.500. The molecule has 0 spiro atoms. The summed E-state index contributed by atoms with van der Waals surface area (Å²) >= 11 is 13.5. The lowest BCUT2D eigenvalue weighted by Crippen LogP contribution is -2.56. The molecule has 0 aromatic heterocycles. The van der Waals surface area contributed by atoms with Crippen molar-refractivity contribution in [3.8, 4) is 11.5 Å². The van der Waals surface area contributed by atoms with Crippen molar-refractivity contribution in [1.82, 2.24) is 15.5 Å². The monoisotopic (exact) mass is 718 g/mol. The summed E-state index contributed by atoms with van der Waals surface area (Å²) in [5.74, 6) is 0.902. The first kappa shape index (κ1) is 37.7. The second kappa shape index (κ2) is 16.1. The van der Waals surface area contributed by atoms with Gasteiger partial charge in [-0.1, -0.05) is 54.3 Å². The highest BCUT2D eigenvalue weighted by molar-refractivity contribution is 6.42. The molecule has 1 saturated carbocycles. The smallest absolute Gasteiger partial charge is 0.407 e. The second-order valence-corrected chi connectivity index (χ2v) is 13.6. The Kier molecular flexibility index (Phi) is 12.4.